The van der Waals surface area contributed by atoms with Gasteiger partial charge in [-0.15, -0.1) is 0 Å². The molecule has 5 rings (SSSR count). The van der Waals surface area contributed by atoms with E-state index >= 15 is 0 Å². The Labute approximate surface area is 210 Å². The van der Waals surface area contributed by atoms with Gasteiger partial charge < -0.3 is 0 Å². The first kappa shape index (κ1) is 23.8. The van der Waals surface area contributed by atoms with E-state index in [1.165, 1.54) is 41.4 Å². The third kappa shape index (κ3) is 4.52. The third-order valence-electron chi connectivity index (χ3n) is 6.52. The summed E-state index contributed by atoms with van der Waals surface area (Å²) in [7, 11) is 0. The molecule has 0 spiro atoms. The number of carbonyl (C=O) groups is 1. The van der Waals surface area contributed by atoms with E-state index in [2.05, 4.69) is 0 Å². The third-order valence-corrected chi connectivity index (χ3v) is 6.85. The van der Waals surface area contributed by atoms with Crippen molar-refractivity contribution in [3.8, 4) is 0 Å². The van der Waals surface area contributed by atoms with Gasteiger partial charge in [0.1, 0.15) is 11.6 Å². The van der Waals surface area contributed by atoms with E-state index in [0.717, 1.165) is 42.2 Å². The molecular weight excluding hydrogens is 488 g/mol. The summed E-state index contributed by atoms with van der Waals surface area (Å²) in [4.78, 5) is 24.4. The van der Waals surface area contributed by atoms with Crippen LogP contribution in [0.4, 0.5) is 14.5 Å². The predicted octanol–water partition coefficient (Wildman–Crippen LogP) is 6.96. The summed E-state index contributed by atoms with van der Waals surface area (Å²) in [6, 6.07) is 15.1. The number of halogens is 3. The second-order valence-corrected chi connectivity index (χ2v) is 9.18. The molecule has 0 saturated heterocycles. The fourth-order valence-corrected chi connectivity index (χ4v) is 5.03. The molecule has 1 heterocycles. The first-order valence-electron chi connectivity index (χ1n) is 11.4. The van der Waals surface area contributed by atoms with Crippen LogP contribution in [0.1, 0.15) is 46.8 Å². The van der Waals surface area contributed by atoms with Gasteiger partial charge in [-0.1, -0.05) is 35.9 Å². The molecule has 3 aromatic rings. The van der Waals surface area contributed by atoms with Crippen molar-refractivity contribution in [2.75, 3.05) is 0 Å². The second kappa shape index (κ2) is 9.62. The van der Waals surface area contributed by atoms with Gasteiger partial charge >= 0.3 is 0 Å². The lowest BCUT2D eigenvalue weighted by atomic mass is 9.77. The average molecular weight is 508 g/mol. The summed E-state index contributed by atoms with van der Waals surface area (Å²) in [5.41, 5.74) is 2.84. The van der Waals surface area contributed by atoms with Crippen LogP contribution >= 0.6 is 11.6 Å². The Morgan fingerprint density at radius 1 is 1.06 bits per heavy atom. The summed E-state index contributed by atoms with van der Waals surface area (Å²) < 4.78 is 27.1. The van der Waals surface area contributed by atoms with Crippen molar-refractivity contribution in [1.29, 1.82) is 0 Å². The first-order chi connectivity index (χ1) is 17.3. The van der Waals surface area contributed by atoms with Gasteiger partial charge in [0.15, 0.2) is 0 Å². The Morgan fingerprint density at radius 2 is 1.72 bits per heavy atom. The minimum absolute atomic E-state index is 0.0370. The van der Waals surface area contributed by atoms with Crippen molar-refractivity contribution in [2.24, 2.45) is 11.0 Å². The molecule has 2 aliphatic rings. The highest BCUT2D eigenvalue weighted by Gasteiger charge is 2.44. The van der Waals surface area contributed by atoms with E-state index in [0.29, 0.717) is 5.56 Å². The molecule has 36 heavy (non-hydrogen) atoms. The zero-order valence-corrected chi connectivity index (χ0v) is 19.7. The number of hydrogen-bond acceptors (Lipinski definition) is 4. The maximum Gasteiger partial charge on any atom is 0.276 e. The van der Waals surface area contributed by atoms with Crippen LogP contribution in [0, 0.1) is 27.7 Å². The number of fused-ring (bicyclic) bond motifs is 1. The highest BCUT2D eigenvalue weighted by molar-refractivity contribution is 6.34. The van der Waals surface area contributed by atoms with Gasteiger partial charge in [-0.2, -0.15) is 5.10 Å². The molecule has 182 valence electrons. The highest BCUT2D eigenvalue weighted by Crippen LogP contribution is 2.45. The molecule has 2 atom stereocenters. The Morgan fingerprint density at radius 3 is 2.39 bits per heavy atom. The van der Waals surface area contributed by atoms with Crippen molar-refractivity contribution in [3.63, 3.8) is 0 Å². The lowest BCUT2D eigenvalue weighted by Crippen LogP contribution is -2.32. The number of non-ortho nitro benzene ring substituents is 1. The van der Waals surface area contributed by atoms with Gasteiger partial charge in [-0.3, -0.25) is 14.9 Å². The summed E-state index contributed by atoms with van der Waals surface area (Å²) in [5.74, 6) is -1.49. The number of nitro benzene ring substituents is 1. The largest absolute Gasteiger partial charge is 0.276 e. The van der Waals surface area contributed by atoms with Crippen LogP contribution in [-0.2, 0) is 0 Å². The van der Waals surface area contributed by atoms with Gasteiger partial charge in [-0.05, 0) is 72.4 Å². The standard InChI is InChI=1S/C27H20ClF2N3O3/c28-24-13-12-21(33(35)36)15-23(24)27(34)32-26(17-6-10-20(30)11-7-17)22-3-1-2-18(25(22)31-32)14-16-4-8-19(29)9-5-16/h4-15,22,26H,1-3H2/b18-14+/t22-,26-/m1/s1. The number of amides is 1. The minimum atomic E-state index is -0.594. The molecule has 3 aromatic carbocycles. The van der Waals surface area contributed by atoms with Crippen LogP contribution in [-0.4, -0.2) is 21.6 Å². The fraction of sp³-hybridized carbons (Fsp3) is 0.185. The van der Waals surface area contributed by atoms with Gasteiger partial charge in [-0.25, -0.2) is 13.8 Å². The molecule has 1 aliphatic carbocycles. The maximum absolute atomic E-state index is 13.7. The lowest BCUT2D eigenvalue weighted by molar-refractivity contribution is -0.384. The molecule has 1 saturated carbocycles. The van der Waals surface area contributed by atoms with Crippen LogP contribution in [0.2, 0.25) is 5.02 Å². The number of nitro groups is 1. The summed E-state index contributed by atoms with van der Waals surface area (Å²) in [6.45, 7) is 0. The fourth-order valence-electron chi connectivity index (χ4n) is 4.84. The Hall–Kier alpha value is -3.91. The summed E-state index contributed by atoms with van der Waals surface area (Å²) >= 11 is 6.28. The summed E-state index contributed by atoms with van der Waals surface area (Å²) in [6.07, 6.45) is 4.24. The molecular formula is C27H20ClF2N3O3. The molecule has 6 nitrogen and oxygen atoms in total. The van der Waals surface area contributed by atoms with E-state index in [1.807, 2.05) is 6.08 Å². The normalized spacial score (nSPS) is 20.2. The Kier molecular flexibility index (Phi) is 6.36. The predicted molar refractivity (Wildman–Crippen MR) is 133 cm³/mol. The van der Waals surface area contributed by atoms with Crippen molar-refractivity contribution in [1.82, 2.24) is 5.01 Å². The van der Waals surface area contributed by atoms with Crippen molar-refractivity contribution < 1.29 is 18.5 Å². The lowest BCUT2D eigenvalue weighted by Gasteiger charge is -2.29. The second-order valence-electron chi connectivity index (χ2n) is 8.77. The molecule has 0 bridgehead atoms. The number of allylic oxidation sites excluding steroid dienone is 1. The number of hydrogen-bond donors (Lipinski definition) is 0. The van der Waals surface area contributed by atoms with E-state index in [1.54, 1.807) is 24.3 Å². The minimum Gasteiger partial charge on any atom is -0.267 e. The van der Waals surface area contributed by atoms with Crippen LogP contribution < -0.4 is 0 Å². The Bertz CT molecular complexity index is 1400. The Balaban J connectivity index is 1.60. The molecule has 0 unspecified atom stereocenters. The quantitative estimate of drug-likeness (QED) is 0.283. The molecule has 1 aliphatic heterocycles. The molecule has 0 N–H and O–H groups in total. The smallest absolute Gasteiger partial charge is 0.267 e. The van der Waals surface area contributed by atoms with Gasteiger partial charge in [0.25, 0.3) is 11.6 Å². The van der Waals surface area contributed by atoms with Gasteiger partial charge in [0.2, 0.25) is 0 Å². The number of hydrazone groups is 1. The SMILES string of the molecule is O=C(c1cc([N+](=O)[O-])ccc1Cl)N1N=C2/C(=C/c3ccc(F)cc3)CCC[C@H]2[C@H]1c1ccc(F)cc1. The monoisotopic (exact) mass is 507 g/mol. The number of rotatable bonds is 4. The van der Waals surface area contributed by atoms with E-state index < -0.39 is 22.7 Å². The van der Waals surface area contributed by atoms with Crippen LogP contribution in [0.15, 0.2) is 77.4 Å². The highest BCUT2D eigenvalue weighted by atomic mass is 35.5. The zero-order valence-electron chi connectivity index (χ0n) is 18.9. The van der Waals surface area contributed by atoms with E-state index in [9.17, 15) is 23.7 Å². The van der Waals surface area contributed by atoms with Crippen LogP contribution in [0.3, 0.4) is 0 Å². The molecule has 1 fully saturated rings. The zero-order chi connectivity index (χ0) is 25.4. The van der Waals surface area contributed by atoms with Crippen molar-refractivity contribution in [3.05, 3.63) is 116 Å². The number of nitrogens with zero attached hydrogens (tertiary/aromatic N) is 3. The van der Waals surface area contributed by atoms with E-state index in [4.69, 9.17) is 16.7 Å². The molecule has 0 radical (unpaired) electrons. The topological polar surface area (TPSA) is 75.8 Å². The first-order valence-corrected chi connectivity index (χ1v) is 11.8. The van der Waals surface area contributed by atoms with E-state index in [-0.39, 0.29) is 28.0 Å². The van der Waals surface area contributed by atoms with Gasteiger partial charge in [0, 0.05) is 18.1 Å². The van der Waals surface area contributed by atoms with Gasteiger partial charge in [0.05, 0.1) is 27.3 Å². The van der Waals surface area contributed by atoms with Crippen molar-refractivity contribution >= 4 is 35.0 Å². The maximum atomic E-state index is 13.7. The van der Waals surface area contributed by atoms with Crippen LogP contribution in [0.5, 0.6) is 0 Å². The average Bonchev–Trinajstić information content (AvgIpc) is 3.26. The van der Waals surface area contributed by atoms with Crippen molar-refractivity contribution in [2.45, 2.75) is 25.3 Å². The van der Waals surface area contributed by atoms with Crippen LogP contribution in [0.25, 0.3) is 6.08 Å². The summed E-state index contributed by atoms with van der Waals surface area (Å²) in [5, 5.41) is 17.4. The molecule has 1 amide bonds. The number of benzene rings is 3. The number of carbonyl (C=O) groups excluding carboxylic acids is 1. The molecule has 9 heteroatoms. The molecule has 0 aromatic heterocycles.